The van der Waals surface area contributed by atoms with E-state index in [1.54, 1.807) is 4.90 Å². The highest BCUT2D eigenvalue weighted by Gasteiger charge is 2.13. The molecule has 2 rings (SSSR count). The van der Waals surface area contributed by atoms with Gasteiger partial charge in [0.2, 0.25) is 0 Å². The number of benzene rings is 1. The van der Waals surface area contributed by atoms with Gasteiger partial charge in [-0.25, -0.2) is 4.79 Å². The van der Waals surface area contributed by atoms with Crippen LogP contribution in [0.2, 0.25) is 0 Å². The van der Waals surface area contributed by atoms with Crippen molar-refractivity contribution in [3.05, 3.63) is 47.5 Å². The fraction of sp³-hybridized carbons (Fsp3) is 0.500. The van der Waals surface area contributed by atoms with E-state index in [1.807, 2.05) is 30.3 Å². The standard InChI is InChI=1S/C18H26N2O2/c21-14-13-20(15-17-9-5-2-6-10-17)18(22)19-12-11-16-7-3-1-4-8-16/h2,5-7,9-10,21H,1,3-4,8,11-15H2,(H,19,22). The van der Waals surface area contributed by atoms with Crippen LogP contribution in [-0.2, 0) is 6.54 Å². The zero-order valence-electron chi connectivity index (χ0n) is 13.1. The van der Waals surface area contributed by atoms with Crippen molar-refractivity contribution in [1.82, 2.24) is 10.2 Å². The predicted octanol–water partition coefficient (Wildman–Crippen LogP) is 3.08. The minimum atomic E-state index is -0.102. The SMILES string of the molecule is O=C(NCCC1=CCCCC1)N(CCO)Cc1ccccc1. The second kappa shape index (κ2) is 9.26. The van der Waals surface area contributed by atoms with E-state index in [-0.39, 0.29) is 12.6 Å². The highest BCUT2D eigenvalue weighted by Crippen LogP contribution is 2.19. The van der Waals surface area contributed by atoms with E-state index in [0.29, 0.717) is 19.6 Å². The van der Waals surface area contributed by atoms with Gasteiger partial charge in [-0.2, -0.15) is 0 Å². The Morgan fingerprint density at radius 3 is 2.73 bits per heavy atom. The van der Waals surface area contributed by atoms with E-state index in [2.05, 4.69) is 11.4 Å². The molecule has 2 N–H and O–H groups in total. The van der Waals surface area contributed by atoms with Gasteiger partial charge in [0.25, 0.3) is 0 Å². The van der Waals surface area contributed by atoms with Crippen molar-refractivity contribution < 1.29 is 9.90 Å². The lowest BCUT2D eigenvalue weighted by Crippen LogP contribution is -2.41. The molecule has 4 nitrogen and oxygen atoms in total. The number of nitrogens with one attached hydrogen (secondary N) is 1. The van der Waals surface area contributed by atoms with Crippen molar-refractivity contribution in [2.45, 2.75) is 38.6 Å². The van der Waals surface area contributed by atoms with E-state index >= 15 is 0 Å². The van der Waals surface area contributed by atoms with Crippen molar-refractivity contribution in [2.24, 2.45) is 0 Å². The highest BCUT2D eigenvalue weighted by molar-refractivity contribution is 5.74. The van der Waals surface area contributed by atoms with E-state index < -0.39 is 0 Å². The van der Waals surface area contributed by atoms with Gasteiger partial charge in [0.15, 0.2) is 0 Å². The highest BCUT2D eigenvalue weighted by atomic mass is 16.3. The van der Waals surface area contributed by atoms with Crippen LogP contribution < -0.4 is 5.32 Å². The predicted molar refractivity (Wildman–Crippen MR) is 88.5 cm³/mol. The summed E-state index contributed by atoms with van der Waals surface area (Å²) in [4.78, 5) is 13.9. The molecule has 0 atom stereocenters. The van der Waals surface area contributed by atoms with Crippen LogP contribution in [-0.4, -0.2) is 35.7 Å². The fourth-order valence-corrected chi connectivity index (χ4v) is 2.75. The number of hydrogen-bond donors (Lipinski definition) is 2. The van der Waals surface area contributed by atoms with E-state index in [4.69, 9.17) is 5.11 Å². The molecule has 0 spiro atoms. The Kier molecular flexibility index (Phi) is 6.97. The van der Waals surface area contributed by atoms with Crippen molar-refractivity contribution in [3.63, 3.8) is 0 Å². The van der Waals surface area contributed by atoms with Crippen LogP contribution in [0.5, 0.6) is 0 Å². The van der Waals surface area contributed by atoms with Crippen LogP contribution in [0.25, 0.3) is 0 Å². The maximum absolute atomic E-state index is 12.3. The molecule has 22 heavy (non-hydrogen) atoms. The summed E-state index contributed by atoms with van der Waals surface area (Å²) >= 11 is 0. The number of nitrogens with zero attached hydrogens (tertiary/aromatic N) is 1. The van der Waals surface area contributed by atoms with Gasteiger partial charge in [-0.3, -0.25) is 0 Å². The molecule has 1 aliphatic carbocycles. The number of carbonyl (C=O) groups is 1. The van der Waals surface area contributed by atoms with Crippen molar-refractivity contribution >= 4 is 6.03 Å². The second-order valence-corrected chi connectivity index (χ2v) is 5.72. The van der Waals surface area contributed by atoms with Crippen molar-refractivity contribution in [1.29, 1.82) is 0 Å². The number of allylic oxidation sites excluding steroid dienone is 1. The second-order valence-electron chi connectivity index (χ2n) is 5.72. The van der Waals surface area contributed by atoms with Crippen molar-refractivity contribution in [3.8, 4) is 0 Å². The first kappa shape index (κ1) is 16.6. The molecule has 0 saturated carbocycles. The Labute approximate surface area is 132 Å². The lowest BCUT2D eigenvalue weighted by Gasteiger charge is -2.22. The number of urea groups is 1. The Bertz CT molecular complexity index is 485. The minimum Gasteiger partial charge on any atom is -0.395 e. The molecule has 1 aliphatic rings. The van der Waals surface area contributed by atoms with Gasteiger partial charge in [0, 0.05) is 19.6 Å². The molecule has 0 aromatic heterocycles. The average molecular weight is 302 g/mol. The van der Waals surface area contributed by atoms with Crippen LogP contribution in [0.1, 0.15) is 37.7 Å². The molecule has 0 aliphatic heterocycles. The largest absolute Gasteiger partial charge is 0.395 e. The Morgan fingerprint density at radius 2 is 2.05 bits per heavy atom. The van der Waals surface area contributed by atoms with Gasteiger partial charge in [-0.15, -0.1) is 0 Å². The third-order valence-corrected chi connectivity index (χ3v) is 3.98. The summed E-state index contributed by atoms with van der Waals surface area (Å²) in [5.74, 6) is 0. The first-order valence-corrected chi connectivity index (χ1v) is 8.15. The molecule has 1 aromatic carbocycles. The van der Waals surface area contributed by atoms with Crippen LogP contribution in [0, 0.1) is 0 Å². The fourth-order valence-electron chi connectivity index (χ4n) is 2.75. The van der Waals surface area contributed by atoms with Crippen LogP contribution in [0.4, 0.5) is 4.79 Å². The van der Waals surface area contributed by atoms with E-state index in [0.717, 1.165) is 12.0 Å². The molecular weight excluding hydrogens is 276 g/mol. The summed E-state index contributed by atoms with van der Waals surface area (Å²) < 4.78 is 0. The maximum atomic E-state index is 12.3. The number of carbonyl (C=O) groups excluding carboxylic acids is 1. The third-order valence-electron chi connectivity index (χ3n) is 3.98. The number of hydrogen-bond acceptors (Lipinski definition) is 2. The quantitative estimate of drug-likeness (QED) is 0.761. The zero-order chi connectivity index (χ0) is 15.6. The minimum absolute atomic E-state index is 0.0224. The van der Waals surface area contributed by atoms with Gasteiger partial charge in [-0.1, -0.05) is 42.0 Å². The van der Waals surface area contributed by atoms with Crippen molar-refractivity contribution in [2.75, 3.05) is 19.7 Å². The molecule has 4 heteroatoms. The third kappa shape index (κ3) is 5.53. The summed E-state index contributed by atoms with van der Waals surface area (Å²) in [6.07, 6.45) is 8.14. The van der Waals surface area contributed by atoms with Gasteiger partial charge in [0.1, 0.15) is 0 Å². The molecule has 0 bridgehead atoms. The van der Waals surface area contributed by atoms with Gasteiger partial charge >= 0.3 is 6.03 Å². The Hall–Kier alpha value is -1.81. The Morgan fingerprint density at radius 1 is 1.23 bits per heavy atom. The molecule has 1 aromatic rings. The molecule has 0 unspecified atom stereocenters. The lowest BCUT2D eigenvalue weighted by molar-refractivity contribution is 0.174. The number of amides is 2. The molecular formula is C18H26N2O2. The van der Waals surface area contributed by atoms with E-state index in [1.165, 1.54) is 31.3 Å². The first-order valence-electron chi connectivity index (χ1n) is 8.15. The van der Waals surface area contributed by atoms with E-state index in [9.17, 15) is 4.79 Å². The number of aliphatic hydroxyl groups excluding tert-OH is 1. The lowest BCUT2D eigenvalue weighted by atomic mass is 9.97. The number of aliphatic hydroxyl groups is 1. The van der Waals surface area contributed by atoms with Gasteiger partial charge in [0.05, 0.1) is 6.61 Å². The summed E-state index contributed by atoms with van der Waals surface area (Å²) in [5.41, 5.74) is 2.53. The topological polar surface area (TPSA) is 52.6 Å². The summed E-state index contributed by atoms with van der Waals surface area (Å²) in [6.45, 7) is 1.52. The Balaban J connectivity index is 1.80. The maximum Gasteiger partial charge on any atom is 0.317 e. The van der Waals surface area contributed by atoms with Crippen LogP contribution >= 0.6 is 0 Å². The molecule has 0 heterocycles. The summed E-state index contributed by atoms with van der Waals surface area (Å²) in [6, 6.07) is 9.75. The van der Waals surface area contributed by atoms with Crippen LogP contribution in [0.15, 0.2) is 42.0 Å². The summed E-state index contributed by atoms with van der Waals surface area (Å²) in [7, 11) is 0. The smallest absolute Gasteiger partial charge is 0.317 e. The number of rotatable bonds is 7. The molecule has 0 saturated heterocycles. The normalized spacial score (nSPS) is 14.3. The first-order chi connectivity index (χ1) is 10.8. The summed E-state index contributed by atoms with van der Waals surface area (Å²) in [5, 5.41) is 12.1. The molecule has 0 radical (unpaired) electrons. The monoisotopic (exact) mass is 302 g/mol. The van der Waals surface area contributed by atoms with Crippen LogP contribution in [0.3, 0.4) is 0 Å². The molecule has 120 valence electrons. The zero-order valence-corrected chi connectivity index (χ0v) is 13.1. The van der Waals surface area contributed by atoms with Gasteiger partial charge < -0.3 is 15.3 Å². The average Bonchev–Trinajstić information content (AvgIpc) is 2.56. The molecule has 0 fully saturated rings. The van der Waals surface area contributed by atoms with Gasteiger partial charge in [-0.05, 0) is 37.7 Å². The molecule has 2 amide bonds.